The predicted octanol–water partition coefficient (Wildman–Crippen LogP) is 2.45. The molecule has 0 heterocycles. The van der Waals surface area contributed by atoms with Crippen molar-refractivity contribution in [1.29, 1.82) is 0 Å². The van der Waals surface area contributed by atoms with Gasteiger partial charge in [-0.1, -0.05) is 26.2 Å². The normalized spacial score (nSPS) is 11.7. The van der Waals surface area contributed by atoms with Crippen LogP contribution in [0.25, 0.3) is 0 Å². The van der Waals surface area contributed by atoms with E-state index in [9.17, 15) is 25.0 Å². The van der Waals surface area contributed by atoms with Crippen molar-refractivity contribution >= 4 is 17.3 Å². The highest BCUT2D eigenvalue weighted by molar-refractivity contribution is 5.75. The number of benzene rings is 1. The number of carbonyl (C=O) groups is 1. The number of ether oxygens (including phenoxy) is 1. The molecule has 0 aliphatic rings. The molecule has 0 bridgehead atoms. The molecular weight excluding hydrogens is 306 g/mol. The summed E-state index contributed by atoms with van der Waals surface area (Å²) in [6, 6.07) is 2.61. The molecule has 0 saturated carbocycles. The van der Waals surface area contributed by atoms with E-state index in [0.29, 0.717) is 6.42 Å². The summed E-state index contributed by atoms with van der Waals surface area (Å²) in [6.07, 6.45) is 3.10. The van der Waals surface area contributed by atoms with Crippen LogP contribution in [0.15, 0.2) is 18.2 Å². The maximum Gasteiger partial charge on any atom is 0.323 e. The van der Waals surface area contributed by atoms with Gasteiger partial charge in [-0.2, -0.15) is 0 Å². The number of rotatable bonds is 9. The largest absolute Gasteiger partial charge is 0.459 e. The topological polar surface area (TPSA) is 139 Å². The molecule has 2 N–H and O–H groups in total. The molecule has 0 aromatic heterocycles. The average molecular weight is 325 g/mol. The van der Waals surface area contributed by atoms with Crippen LogP contribution < -0.4 is 5.73 Å². The van der Waals surface area contributed by atoms with Gasteiger partial charge in [0.15, 0.2) is 0 Å². The minimum atomic E-state index is -0.844. The Labute approximate surface area is 132 Å². The molecule has 0 aliphatic carbocycles. The molecule has 1 unspecified atom stereocenters. The first kappa shape index (κ1) is 18.5. The highest BCUT2D eigenvalue weighted by Gasteiger charge is 2.26. The second-order valence-corrected chi connectivity index (χ2v) is 5.00. The van der Waals surface area contributed by atoms with Gasteiger partial charge in [-0.25, -0.2) is 0 Å². The van der Waals surface area contributed by atoms with Gasteiger partial charge in [-0.05, 0) is 12.5 Å². The molecular formula is C14H19N3O6. The molecule has 0 amide bonds. The van der Waals surface area contributed by atoms with Crippen LogP contribution in [-0.4, -0.2) is 21.9 Å². The van der Waals surface area contributed by atoms with E-state index in [1.165, 1.54) is 6.07 Å². The Hall–Kier alpha value is -2.55. The van der Waals surface area contributed by atoms with Crippen LogP contribution >= 0.6 is 0 Å². The van der Waals surface area contributed by atoms with Crippen LogP contribution in [-0.2, 0) is 16.1 Å². The second-order valence-electron chi connectivity index (χ2n) is 5.00. The lowest BCUT2D eigenvalue weighted by atomic mass is 10.1. The second kappa shape index (κ2) is 8.79. The molecule has 9 nitrogen and oxygen atoms in total. The lowest BCUT2D eigenvalue weighted by Crippen LogP contribution is -2.32. The number of esters is 1. The van der Waals surface area contributed by atoms with Crippen molar-refractivity contribution in [3.05, 3.63) is 44.0 Å². The SMILES string of the molecule is CCCCCC(N)C(=O)OCc1c([N+](=O)[O-])cccc1[N+](=O)[O-]. The quantitative estimate of drug-likeness (QED) is 0.318. The van der Waals surface area contributed by atoms with Crippen molar-refractivity contribution in [2.24, 2.45) is 5.73 Å². The standard InChI is InChI=1S/C14H19N3O6/c1-2-3-4-6-11(15)14(18)23-9-10-12(16(19)20)7-5-8-13(10)17(21)22/h5,7-8,11H,2-4,6,9,15H2,1H3. The van der Waals surface area contributed by atoms with E-state index in [1.807, 2.05) is 6.92 Å². The van der Waals surface area contributed by atoms with Crippen LogP contribution in [0, 0.1) is 20.2 Å². The van der Waals surface area contributed by atoms with E-state index in [-0.39, 0.29) is 5.56 Å². The summed E-state index contributed by atoms with van der Waals surface area (Å²) in [5.41, 5.74) is 4.49. The third-order valence-electron chi connectivity index (χ3n) is 3.30. The van der Waals surface area contributed by atoms with Gasteiger partial charge >= 0.3 is 5.97 Å². The molecule has 23 heavy (non-hydrogen) atoms. The van der Waals surface area contributed by atoms with Gasteiger partial charge in [-0.3, -0.25) is 25.0 Å². The van der Waals surface area contributed by atoms with Crippen molar-refractivity contribution in [2.75, 3.05) is 0 Å². The minimum absolute atomic E-state index is 0.253. The van der Waals surface area contributed by atoms with Gasteiger partial charge < -0.3 is 10.5 Å². The third kappa shape index (κ3) is 5.29. The molecule has 1 aromatic carbocycles. The first-order chi connectivity index (χ1) is 10.9. The number of hydrogen-bond donors (Lipinski definition) is 1. The van der Waals surface area contributed by atoms with Crippen molar-refractivity contribution in [1.82, 2.24) is 0 Å². The number of nitrogens with two attached hydrogens (primary N) is 1. The Bertz CT molecular complexity index is 558. The first-order valence-electron chi connectivity index (χ1n) is 7.21. The number of nitro benzene ring substituents is 2. The van der Waals surface area contributed by atoms with Crippen molar-refractivity contribution in [3.63, 3.8) is 0 Å². The van der Waals surface area contributed by atoms with Crippen molar-refractivity contribution < 1.29 is 19.4 Å². The maximum atomic E-state index is 11.8. The molecule has 1 atom stereocenters. The number of carbonyl (C=O) groups excluding carboxylic acids is 1. The third-order valence-corrected chi connectivity index (χ3v) is 3.30. The van der Waals surface area contributed by atoms with E-state index in [4.69, 9.17) is 10.5 Å². The van der Waals surface area contributed by atoms with E-state index < -0.39 is 39.8 Å². The van der Waals surface area contributed by atoms with E-state index >= 15 is 0 Å². The Balaban J connectivity index is 2.82. The van der Waals surface area contributed by atoms with E-state index in [2.05, 4.69) is 0 Å². The summed E-state index contributed by atoms with van der Waals surface area (Å²) in [6.45, 7) is 1.45. The number of unbranched alkanes of at least 4 members (excludes halogenated alkanes) is 2. The summed E-state index contributed by atoms with van der Waals surface area (Å²) < 4.78 is 4.93. The highest BCUT2D eigenvalue weighted by atomic mass is 16.6. The summed E-state index contributed by atoms with van der Waals surface area (Å²) in [5, 5.41) is 21.9. The molecule has 0 spiro atoms. The van der Waals surface area contributed by atoms with Crippen LogP contribution in [0.3, 0.4) is 0 Å². The zero-order chi connectivity index (χ0) is 17.4. The molecule has 0 aliphatic heterocycles. The minimum Gasteiger partial charge on any atom is -0.459 e. The maximum absolute atomic E-state index is 11.8. The van der Waals surface area contributed by atoms with Gasteiger partial charge in [0.05, 0.1) is 9.85 Å². The lowest BCUT2D eigenvalue weighted by molar-refractivity contribution is -0.396. The Morgan fingerprint density at radius 1 is 1.22 bits per heavy atom. The molecule has 126 valence electrons. The number of nitro groups is 2. The van der Waals surface area contributed by atoms with Crippen LogP contribution in [0.5, 0.6) is 0 Å². The molecule has 0 saturated heterocycles. The molecule has 0 fully saturated rings. The fraction of sp³-hybridized carbons (Fsp3) is 0.500. The van der Waals surface area contributed by atoms with Gasteiger partial charge in [0.25, 0.3) is 11.4 Å². The van der Waals surface area contributed by atoms with Crippen LogP contribution in [0.2, 0.25) is 0 Å². The van der Waals surface area contributed by atoms with Gasteiger partial charge in [0.1, 0.15) is 18.2 Å². The smallest absolute Gasteiger partial charge is 0.323 e. The van der Waals surface area contributed by atoms with Gasteiger partial charge in [0.2, 0.25) is 0 Å². The highest BCUT2D eigenvalue weighted by Crippen LogP contribution is 2.28. The fourth-order valence-corrected chi connectivity index (χ4v) is 2.04. The number of hydrogen-bond acceptors (Lipinski definition) is 7. The Morgan fingerprint density at radius 2 is 1.78 bits per heavy atom. The van der Waals surface area contributed by atoms with E-state index in [1.54, 1.807) is 0 Å². The monoisotopic (exact) mass is 325 g/mol. The predicted molar refractivity (Wildman–Crippen MR) is 81.7 cm³/mol. The average Bonchev–Trinajstić information content (AvgIpc) is 2.51. The summed E-state index contributed by atoms with van der Waals surface area (Å²) in [7, 11) is 0. The van der Waals surface area contributed by atoms with Crippen LogP contribution in [0.1, 0.15) is 38.2 Å². The van der Waals surface area contributed by atoms with E-state index in [0.717, 1.165) is 31.4 Å². The van der Waals surface area contributed by atoms with Gasteiger partial charge in [0, 0.05) is 12.1 Å². The van der Waals surface area contributed by atoms with Gasteiger partial charge in [-0.15, -0.1) is 0 Å². The fourth-order valence-electron chi connectivity index (χ4n) is 2.04. The molecule has 1 rings (SSSR count). The van der Waals surface area contributed by atoms with Crippen molar-refractivity contribution in [2.45, 2.75) is 45.3 Å². The van der Waals surface area contributed by atoms with Crippen molar-refractivity contribution in [3.8, 4) is 0 Å². The molecule has 0 radical (unpaired) electrons. The first-order valence-corrected chi connectivity index (χ1v) is 7.21. The molecule has 9 heteroatoms. The zero-order valence-electron chi connectivity index (χ0n) is 12.8. The zero-order valence-corrected chi connectivity index (χ0v) is 12.8. The Kier molecular flexibility index (Phi) is 7.07. The summed E-state index contributed by atoms with van der Waals surface area (Å²) in [4.78, 5) is 32.2. The summed E-state index contributed by atoms with van der Waals surface area (Å²) >= 11 is 0. The van der Waals surface area contributed by atoms with Crippen LogP contribution in [0.4, 0.5) is 11.4 Å². The lowest BCUT2D eigenvalue weighted by Gasteiger charge is -2.11. The number of nitrogens with zero attached hydrogens (tertiary/aromatic N) is 2. The Morgan fingerprint density at radius 3 is 2.26 bits per heavy atom. The summed E-state index contributed by atoms with van der Waals surface area (Å²) in [5.74, 6) is -0.728. The molecule has 1 aromatic rings.